The van der Waals surface area contributed by atoms with E-state index in [4.69, 9.17) is 4.74 Å². The largest absolute Gasteiger partial charge is 0.489 e. The number of amides is 1. The summed E-state index contributed by atoms with van der Waals surface area (Å²) in [5, 5.41) is 9.25. The van der Waals surface area contributed by atoms with E-state index in [1.807, 2.05) is 55.5 Å². The monoisotopic (exact) mass is 394 g/mol. The van der Waals surface area contributed by atoms with Crippen LogP contribution in [0.25, 0.3) is 0 Å². The Morgan fingerprint density at radius 3 is 2.76 bits per heavy atom. The van der Waals surface area contributed by atoms with Gasteiger partial charge in [0, 0.05) is 31.3 Å². The number of carbonyl (C=O) groups excluding carboxylic acids is 1. The van der Waals surface area contributed by atoms with E-state index >= 15 is 0 Å². The molecule has 0 saturated heterocycles. The van der Waals surface area contributed by atoms with Crippen molar-refractivity contribution in [3.8, 4) is 5.75 Å². The van der Waals surface area contributed by atoms with Crippen LogP contribution in [0.5, 0.6) is 5.75 Å². The van der Waals surface area contributed by atoms with E-state index < -0.39 is 0 Å². The molecule has 1 amide bonds. The Morgan fingerprint density at radius 1 is 1.17 bits per heavy atom. The number of nitrogens with one attached hydrogen (secondary N) is 3. The molecule has 0 aliphatic heterocycles. The number of para-hydroxylation sites is 1. The maximum atomic E-state index is 11.8. The summed E-state index contributed by atoms with van der Waals surface area (Å²) in [7, 11) is 1.64. The lowest BCUT2D eigenvalue weighted by Crippen LogP contribution is -2.38. The van der Waals surface area contributed by atoms with Crippen molar-refractivity contribution in [1.29, 1.82) is 0 Å². The van der Waals surface area contributed by atoms with Crippen molar-refractivity contribution >= 4 is 11.9 Å². The van der Waals surface area contributed by atoms with Crippen molar-refractivity contribution < 1.29 is 9.53 Å². The van der Waals surface area contributed by atoms with Crippen LogP contribution < -0.4 is 20.7 Å². The zero-order chi connectivity index (χ0) is 20.9. The highest BCUT2D eigenvalue weighted by atomic mass is 16.5. The number of guanidine groups is 1. The second-order valence-corrected chi connectivity index (χ2v) is 6.36. The Bertz CT molecular complexity index is 833. The summed E-state index contributed by atoms with van der Waals surface area (Å²) in [5.41, 5.74) is 2.78. The fourth-order valence-electron chi connectivity index (χ4n) is 2.77. The Kier molecular flexibility index (Phi) is 9.29. The van der Waals surface area contributed by atoms with Gasteiger partial charge in [0.25, 0.3) is 5.91 Å². The molecule has 0 fully saturated rings. The third-order valence-corrected chi connectivity index (χ3v) is 4.20. The van der Waals surface area contributed by atoms with Gasteiger partial charge in [0.05, 0.1) is 6.54 Å². The van der Waals surface area contributed by atoms with Crippen LogP contribution in [-0.4, -0.2) is 38.6 Å². The van der Waals surface area contributed by atoms with Gasteiger partial charge in [0.1, 0.15) is 12.4 Å². The first-order valence-corrected chi connectivity index (χ1v) is 9.82. The summed E-state index contributed by atoms with van der Waals surface area (Å²) < 4.78 is 5.70. The van der Waals surface area contributed by atoms with Gasteiger partial charge in [-0.25, -0.2) is 4.99 Å². The molecule has 2 rings (SSSR count). The summed E-state index contributed by atoms with van der Waals surface area (Å²) in [5.74, 6) is 1.48. The van der Waals surface area contributed by atoms with Crippen molar-refractivity contribution in [2.45, 2.75) is 19.9 Å². The molecule has 0 aliphatic carbocycles. The molecule has 0 saturated carbocycles. The van der Waals surface area contributed by atoms with Gasteiger partial charge in [0.2, 0.25) is 0 Å². The summed E-state index contributed by atoms with van der Waals surface area (Å²) in [6.07, 6.45) is 2.51. The van der Waals surface area contributed by atoms with Crippen molar-refractivity contribution in [3.63, 3.8) is 0 Å². The van der Waals surface area contributed by atoms with Gasteiger partial charge in [-0.15, -0.1) is 0 Å². The SMILES string of the molecule is C=CCOc1ccccc1CN=C(NCC)NCCc1cccc(C(=O)NC)c1. The van der Waals surface area contributed by atoms with Gasteiger partial charge in [-0.1, -0.05) is 43.0 Å². The average molecular weight is 395 g/mol. The van der Waals surface area contributed by atoms with Gasteiger partial charge in [-0.2, -0.15) is 0 Å². The number of benzene rings is 2. The van der Waals surface area contributed by atoms with Gasteiger partial charge in [-0.05, 0) is 37.1 Å². The Hall–Kier alpha value is -3.28. The summed E-state index contributed by atoms with van der Waals surface area (Å²) in [6.45, 7) is 8.17. The van der Waals surface area contributed by atoms with Gasteiger partial charge < -0.3 is 20.7 Å². The summed E-state index contributed by atoms with van der Waals surface area (Å²) >= 11 is 0. The van der Waals surface area contributed by atoms with Crippen LogP contribution in [0.3, 0.4) is 0 Å². The van der Waals surface area contributed by atoms with Crippen LogP contribution in [0.1, 0.15) is 28.4 Å². The Labute approximate surface area is 173 Å². The Morgan fingerprint density at radius 2 is 2.00 bits per heavy atom. The molecule has 0 atom stereocenters. The van der Waals surface area contributed by atoms with E-state index in [0.717, 1.165) is 35.8 Å². The molecular formula is C23H30N4O2. The molecule has 0 radical (unpaired) electrons. The first-order valence-electron chi connectivity index (χ1n) is 9.82. The topological polar surface area (TPSA) is 74.8 Å². The van der Waals surface area contributed by atoms with E-state index in [2.05, 4.69) is 27.5 Å². The van der Waals surface area contributed by atoms with Crippen molar-refractivity contribution in [3.05, 3.63) is 77.9 Å². The van der Waals surface area contributed by atoms with Gasteiger partial charge >= 0.3 is 0 Å². The lowest BCUT2D eigenvalue weighted by molar-refractivity contribution is 0.0963. The molecule has 6 heteroatoms. The second kappa shape index (κ2) is 12.2. The fourth-order valence-corrected chi connectivity index (χ4v) is 2.77. The van der Waals surface area contributed by atoms with Crippen molar-refractivity contribution in [2.75, 3.05) is 26.7 Å². The molecule has 154 valence electrons. The van der Waals surface area contributed by atoms with Crippen LogP contribution >= 0.6 is 0 Å². The summed E-state index contributed by atoms with van der Waals surface area (Å²) in [6, 6.07) is 15.5. The molecule has 0 unspecified atom stereocenters. The van der Waals surface area contributed by atoms with E-state index in [1.165, 1.54) is 0 Å². The lowest BCUT2D eigenvalue weighted by Gasteiger charge is -2.13. The zero-order valence-electron chi connectivity index (χ0n) is 17.2. The number of hydrogen-bond donors (Lipinski definition) is 3. The predicted molar refractivity (Wildman–Crippen MR) is 118 cm³/mol. The number of ether oxygens (including phenoxy) is 1. The highest BCUT2D eigenvalue weighted by molar-refractivity contribution is 5.94. The average Bonchev–Trinajstić information content (AvgIpc) is 2.76. The smallest absolute Gasteiger partial charge is 0.251 e. The number of carbonyl (C=O) groups is 1. The number of nitrogens with zero attached hydrogens (tertiary/aromatic N) is 1. The van der Waals surface area contributed by atoms with E-state index in [0.29, 0.717) is 25.3 Å². The molecule has 0 bridgehead atoms. The molecule has 0 aromatic heterocycles. The number of aliphatic imine (C=N–C) groups is 1. The summed E-state index contributed by atoms with van der Waals surface area (Å²) in [4.78, 5) is 16.4. The minimum atomic E-state index is -0.0768. The first kappa shape index (κ1) is 22.0. The van der Waals surface area contributed by atoms with Crippen molar-refractivity contribution in [2.24, 2.45) is 4.99 Å². The number of rotatable bonds is 10. The molecule has 29 heavy (non-hydrogen) atoms. The fraction of sp³-hybridized carbons (Fsp3) is 0.304. The molecule has 0 aliphatic rings. The standard InChI is InChI=1S/C23H30N4O2/c1-4-15-29-21-12-7-6-10-20(21)17-27-23(25-5-2)26-14-13-18-9-8-11-19(16-18)22(28)24-3/h4,6-12,16H,1,5,13-15,17H2,2-3H3,(H,24,28)(H2,25,26,27). The molecular weight excluding hydrogens is 364 g/mol. The first-order chi connectivity index (χ1) is 14.2. The normalized spacial score (nSPS) is 10.9. The lowest BCUT2D eigenvalue weighted by atomic mass is 10.1. The van der Waals surface area contributed by atoms with E-state index in [9.17, 15) is 4.79 Å². The molecule has 0 spiro atoms. The highest BCUT2D eigenvalue weighted by Crippen LogP contribution is 2.18. The predicted octanol–water partition coefficient (Wildman–Crippen LogP) is 2.91. The zero-order valence-corrected chi connectivity index (χ0v) is 17.2. The van der Waals surface area contributed by atoms with Crippen LogP contribution in [0.2, 0.25) is 0 Å². The second-order valence-electron chi connectivity index (χ2n) is 6.36. The molecule has 6 nitrogen and oxygen atoms in total. The molecule has 0 heterocycles. The third-order valence-electron chi connectivity index (χ3n) is 4.20. The maximum Gasteiger partial charge on any atom is 0.251 e. The molecule has 2 aromatic rings. The maximum absolute atomic E-state index is 11.8. The number of hydrogen-bond acceptors (Lipinski definition) is 3. The quantitative estimate of drug-likeness (QED) is 0.329. The van der Waals surface area contributed by atoms with E-state index in [-0.39, 0.29) is 5.91 Å². The van der Waals surface area contributed by atoms with Crippen LogP contribution in [0.4, 0.5) is 0 Å². The van der Waals surface area contributed by atoms with Gasteiger partial charge in [0.15, 0.2) is 5.96 Å². The van der Waals surface area contributed by atoms with Crippen LogP contribution in [0, 0.1) is 0 Å². The minimum Gasteiger partial charge on any atom is -0.489 e. The van der Waals surface area contributed by atoms with E-state index in [1.54, 1.807) is 13.1 Å². The highest BCUT2D eigenvalue weighted by Gasteiger charge is 2.05. The Balaban J connectivity index is 1.96. The van der Waals surface area contributed by atoms with Crippen LogP contribution in [0.15, 0.2) is 66.2 Å². The van der Waals surface area contributed by atoms with Crippen LogP contribution in [-0.2, 0) is 13.0 Å². The minimum absolute atomic E-state index is 0.0768. The molecule has 3 N–H and O–H groups in total. The van der Waals surface area contributed by atoms with Gasteiger partial charge in [-0.3, -0.25) is 4.79 Å². The van der Waals surface area contributed by atoms with Crippen molar-refractivity contribution in [1.82, 2.24) is 16.0 Å². The molecule has 2 aromatic carbocycles. The third kappa shape index (κ3) is 7.33.